The van der Waals surface area contributed by atoms with Crippen molar-refractivity contribution in [2.45, 2.75) is 31.2 Å². The molecule has 9 heteroatoms. The van der Waals surface area contributed by atoms with Crippen LogP contribution in [-0.2, 0) is 32.5 Å². The highest BCUT2D eigenvalue weighted by atomic mass is 32.2. The number of benzene rings is 2. The molecule has 8 nitrogen and oxygen atoms in total. The Morgan fingerprint density at radius 1 is 1.00 bits per heavy atom. The number of anilines is 1. The van der Waals surface area contributed by atoms with Crippen LogP contribution in [0, 0.1) is 0 Å². The van der Waals surface area contributed by atoms with Crippen molar-refractivity contribution in [3.63, 3.8) is 0 Å². The predicted molar refractivity (Wildman–Crippen MR) is 120 cm³/mol. The molecule has 0 radical (unpaired) electrons. The molecule has 0 saturated carbocycles. The molecule has 2 aliphatic rings. The summed E-state index contributed by atoms with van der Waals surface area (Å²) in [5, 5.41) is 2.87. The molecule has 2 aromatic rings. The Kier molecular flexibility index (Phi) is 6.59. The Hall–Kier alpha value is -2.75. The van der Waals surface area contributed by atoms with Gasteiger partial charge < -0.3 is 15.0 Å². The van der Waals surface area contributed by atoms with E-state index in [1.165, 1.54) is 34.1 Å². The molecule has 1 N–H and O–H groups in total. The summed E-state index contributed by atoms with van der Waals surface area (Å²) < 4.78 is 32.1. The maximum atomic E-state index is 12.7. The highest BCUT2D eigenvalue weighted by Gasteiger charge is 2.26. The van der Waals surface area contributed by atoms with Gasteiger partial charge in [0, 0.05) is 43.9 Å². The highest BCUT2D eigenvalue weighted by Crippen LogP contribution is 2.24. The fourth-order valence-electron chi connectivity index (χ4n) is 3.99. The van der Waals surface area contributed by atoms with E-state index >= 15 is 0 Å². The van der Waals surface area contributed by atoms with Gasteiger partial charge in [0.25, 0.3) is 5.91 Å². The number of morpholine rings is 1. The fraction of sp³-hybridized carbons (Fsp3) is 0.391. The van der Waals surface area contributed by atoms with Crippen LogP contribution < -0.4 is 5.32 Å². The van der Waals surface area contributed by atoms with Crippen LogP contribution in [0.1, 0.15) is 34.8 Å². The summed E-state index contributed by atoms with van der Waals surface area (Å²) in [5.41, 5.74) is 3.22. The standard InChI is InChI=1S/C23H27N3O5S/c1-2-22(27)25-10-9-17-3-6-20(15-19(17)16-25)24-23(28)18-4-7-21(8-5-18)32(29,30)26-11-13-31-14-12-26/h3-8,15H,2,9-14,16H2,1H3,(H,24,28). The van der Waals surface area contributed by atoms with Crippen molar-refractivity contribution in [2.75, 3.05) is 38.2 Å². The largest absolute Gasteiger partial charge is 0.379 e. The van der Waals surface area contributed by atoms with Gasteiger partial charge in [-0.3, -0.25) is 9.59 Å². The second kappa shape index (κ2) is 9.40. The van der Waals surface area contributed by atoms with Crippen LogP contribution in [0.25, 0.3) is 0 Å². The minimum absolute atomic E-state index is 0.122. The van der Waals surface area contributed by atoms with E-state index in [0.29, 0.717) is 57.1 Å². The molecule has 0 atom stereocenters. The summed E-state index contributed by atoms with van der Waals surface area (Å²) in [5.74, 6) is -0.199. The Morgan fingerprint density at radius 3 is 2.41 bits per heavy atom. The Morgan fingerprint density at radius 2 is 1.72 bits per heavy atom. The Bertz CT molecular complexity index is 1110. The van der Waals surface area contributed by atoms with Gasteiger partial charge in [0.15, 0.2) is 0 Å². The molecule has 2 aromatic carbocycles. The summed E-state index contributed by atoms with van der Waals surface area (Å²) in [4.78, 5) is 26.7. The highest BCUT2D eigenvalue weighted by molar-refractivity contribution is 7.89. The van der Waals surface area contributed by atoms with E-state index in [0.717, 1.165) is 12.0 Å². The van der Waals surface area contributed by atoms with E-state index in [1.54, 1.807) is 0 Å². The SMILES string of the molecule is CCC(=O)N1CCc2ccc(NC(=O)c3ccc(S(=O)(=O)N4CCOCC4)cc3)cc2C1. The van der Waals surface area contributed by atoms with Crippen molar-refractivity contribution in [2.24, 2.45) is 0 Å². The van der Waals surface area contributed by atoms with Gasteiger partial charge in [0.1, 0.15) is 0 Å². The van der Waals surface area contributed by atoms with Crippen LogP contribution in [-0.4, -0.2) is 62.3 Å². The molecular weight excluding hydrogens is 430 g/mol. The first kappa shape index (κ1) is 22.4. The Labute approximate surface area is 188 Å². The number of fused-ring (bicyclic) bond motifs is 1. The molecule has 2 amide bonds. The zero-order chi connectivity index (χ0) is 22.7. The maximum absolute atomic E-state index is 12.7. The molecular formula is C23H27N3O5S. The summed E-state index contributed by atoms with van der Waals surface area (Å²) >= 11 is 0. The second-order valence-electron chi connectivity index (χ2n) is 7.90. The van der Waals surface area contributed by atoms with Crippen LogP contribution in [0.2, 0.25) is 0 Å². The normalized spacial score (nSPS) is 17.0. The summed E-state index contributed by atoms with van der Waals surface area (Å²) in [7, 11) is -3.60. The average Bonchev–Trinajstić information content (AvgIpc) is 2.83. The molecule has 1 fully saturated rings. The van der Waals surface area contributed by atoms with Crippen molar-refractivity contribution >= 4 is 27.5 Å². The van der Waals surface area contributed by atoms with E-state index in [4.69, 9.17) is 4.74 Å². The third-order valence-electron chi connectivity index (χ3n) is 5.86. The number of hydrogen-bond acceptors (Lipinski definition) is 5. The lowest BCUT2D eigenvalue weighted by molar-refractivity contribution is -0.131. The number of amides is 2. The van der Waals surface area contributed by atoms with Gasteiger partial charge in [0.05, 0.1) is 18.1 Å². The second-order valence-corrected chi connectivity index (χ2v) is 9.84. The van der Waals surface area contributed by atoms with Gasteiger partial charge in [-0.05, 0) is 53.9 Å². The number of nitrogens with one attached hydrogen (secondary N) is 1. The van der Waals surface area contributed by atoms with Crippen LogP contribution in [0.15, 0.2) is 47.4 Å². The molecule has 170 valence electrons. The van der Waals surface area contributed by atoms with Crippen LogP contribution >= 0.6 is 0 Å². The van der Waals surface area contributed by atoms with Gasteiger partial charge in [-0.1, -0.05) is 13.0 Å². The van der Waals surface area contributed by atoms with Crippen molar-refractivity contribution in [1.82, 2.24) is 9.21 Å². The zero-order valence-corrected chi connectivity index (χ0v) is 18.9. The molecule has 0 spiro atoms. The molecule has 0 aromatic heterocycles. The summed E-state index contributed by atoms with van der Waals surface area (Å²) in [6.07, 6.45) is 1.28. The quantitative estimate of drug-likeness (QED) is 0.743. The van der Waals surface area contributed by atoms with Gasteiger partial charge in [-0.15, -0.1) is 0 Å². The molecule has 0 bridgehead atoms. The van der Waals surface area contributed by atoms with Gasteiger partial charge in [0.2, 0.25) is 15.9 Å². The number of hydrogen-bond donors (Lipinski definition) is 1. The number of carbonyl (C=O) groups excluding carboxylic acids is 2. The van der Waals surface area contributed by atoms with Crippen LogP contribution in [0.3, 0.4) is 0 Å². The molecule has 4 rings (SSSR count). The molecule has 32 heavy (non-hydrogen) atoms. The van der Waals surface area contributed by atoms with Crippen molar-refractivity contribution in [1.29, 1.82) is 0 Å². The molecule has 0 aliphatic carbocycles. The average molecular weight is 458 g/mol. The third kappa shape index (κ3) is 4.69. The molecule has 0 unspecified atom stereocenters. The monoisotopic (exact) mass is 457 g/mol. The Balaban J connectivity index is 1.45. The lowest BCUT2D eigenvalue weighted by atomic mass is 9.98. The van der Waals surface area contributed by atoms with E-state index in [1.807, 2.05) is 30.0 Å². The minimum Gasteiger partial charge on any atom is -0.379 e. The first-order valence-corrected chi connectivity index (χ1v) is 12.2. The number of sulfonamides is 1. The number of carbonyl (C=O) groups is 2. The molecule has 2 heterocycles. The molecule has 1 saturated heterocycles. The van der Waals surface area contributed by atoms with Crippen LogP contribution in [0.4, 0.5) is 5.69 Å². The fourth-order valence-corrected chi connectivity index (χ4v) is 5.40. The van der Waals surface area contributed by atoms with Gasteiger partial charge in [-0.2, -0.15) is 4.31 Å². The summed E-state index contributed by atoms with van der Waals surface area (Å²) in [6.45, 7) is 4.51. The minimum atomic E-state index is -3.60. The lowest BCUT2D eigenvalue weighted by Gasteiger charge is -2.29. The van der Waals surface area contributed by atoms with E-state index in [2.05, 4.69) is 5.32 Å². The molecule has 2 aliphatic heterocycles. The number of nitrogens with zero attached hydrogens (tertiary/aromatic N) is 2. The van der Waals surface area contributed by atoms with E-state index < -0.39 is 10.0 Å². The van der Waals surface area contributed by atoms with E-state index in [9.17, 15) is 18.0 Å². The maximum Gasteiger partial charge on any atom is 0.255 e. The third-order valence-corrected chi connectivity index (χ3v) is 7.77. The van der Waals surface area contributed by atoms with Crippen molar-refractivity contribution in [3.8, 4) is 0 Å². The van der Waals surface area contributed by atoms with E-state index in [-0.39, 0.29) is 16.7 Å². The topological polar surface area (TPSA) is 96.0 Å². The summed E-state index contributed by atoms with van der Waals surface area (Å²) in [6, 6.07) is 11.7. The smallest absolute Gasteiger partial charge is 0.255 e. The first-order valence-electron chi connectivity index (χ1n) is 10.8. The number of rotatable bonds is 5. The first-order chi connectivity index (χ1) is 15.4. The van der Waals surface area contributed by atoms with Gasteiger partial charge in [-0.25, -0.2) is 8.42 Å². The number of ether oxygens (including phenoxy) is 1. The lowest BCUT2D eigenvalue weighted by Crippen LogP contribution is -2.40. The van der Waals surface area contributed by atoms with Crippen LogP contribution in [0.5, 0.6) is 0 Å². The van der Waals surface area contributed by atoms with Crippen molar-refractivity contribution in [3.05, 3.63) is 59.2 Å². The predicted octanol–water partition coefficient (Wildman–Crippen LogP) is 2.25. The van der Waals surface area contributed by atoms with Crippen molar-refractivity contribution < 1.29 is 22.7 Å². The van der Waals surface area contributed by atoms with Gasteiger partial charge >= 0.3 is 0 Å². The zero-order valence-electron chi connectivity index (χ0n) is 18.0.